The smallest absolute Gasteiger partial charge is 0.184 e. The number of rotatable bonds is 2. The Labute approximate surface area is 169 Å². The van der Waals surface area contributed by atoms with Crippen LogP contribution in [0.15, 0.2) is 5.10 Å². The third kappa shape index (κ3) is 3.13. The monoisotopic (exact) mass is 391 g/mol. The van der Waals surface area contributed by atoms with Crippen molar-refractivity contribution in [2.45, 2.75) is 84.7 Å². The second-order valence-electron chi connectivity index (χ2n) is 10.5. The third-order valence-corrected chi connectivity index (χ3v) is 9.58. The molecule has 8 atom stereocenters. The number of nitrogens with zero attached hydrogens (tertiary/aromatic N) is 1. The average molecular weight is 392 g/mol. The van der Waals surface area contributed by atoms with Crippen LogP contribution in [-0.2, 0) is 0 Å². The predicted octanol–water partition coefficient (Wildman–Crippen LogP) is 4.22. The van der Waals surface area contributed by atoms with Crippen LogP contribution in [0, 0.1) is 40.4 Å². The topological polar surface area (TPSA) is 70.6 Å². The highest BCUT2D eigenvalue weighted by Crippen LogP contribution is 2.67. The maximum atomic E-state index is 10.2. The molecule has 0 radical (unpaired) electrons. The van der Waals surface area contributed by atoms with E-state index in [1.807, 2.05) is 0 Å². The molecule has 0 aliphatic heterocycles. The number of hydrazone groups is 1. The molecule has 0 spiro atoms. The van der Waals surface area contributed by atoms with Crippen LogP contribution in [-0.4, -0.2) is 22.0 Å². The third-order valence-electron chi connectivity index (χ3n) is 9.48. The van der Waals surface area contributed by atoms with E-state index in [-0.39, 0.29) is 11.2 Å². The molecule has 0 aromatic carbocycles. The Morgan fingerprint density at radius 3 is 2.48 bits per heavy atom. The lowest BCUT2D eigenvalue weighted by Crippen LogP contribution is -2.54. The lowest BCUT2D eigenvalue weighted by atomic mass is 9.44. The van der Waals surface area contributed by atoms with E-state index in [0.29, 0.717) is 16.7 Å². The molecule has 4 rings (SSSR count). The fourth-order valence-electron chi connectivity index (χ4n) is 8.14. The molecular formula is C22H37N3OS. The van der Waals surface area contributed by atoms with E-state index in [1.54, 1.807) is 0 Å². The molecule has 4 aliphatic rings. The summed E-state index contributed by atoms with van der Waals surface area (Å²) in [6.45, 7) is 7.25. The van der Waals surface area contributed by atoms with Crippen molar-refractivity contribution in [1.82, 2.24) is 5.43 Å². The number of thiocarbonyl (C=S) groups is 1. The number of hydrogen-bond donors (Lipinski definition) is 3. The van der Waals surface area contributed by atoms with Gasteiger partial charge in [-0.1, -0.05) is 13.8 Å². The van der Waals surface area contributed by atoms with Gasteiger partial charge in [0.25, 0.3) is 0 Å². The first-order chi connectivity index (χ1) is 12.8. The molecule has 27 heavy (non-hydrogen) atoms. The average Bonchev–Trinajstić information content (AvgIpc) is 2.97. The summed E-state index contributed by atoms with van der Waals surface area (Å²) in [6.07, 6.45) is 11.2. The minimum atomic E-state index is -0.0515. The van der Waals surface area contributed by atoms with Gasteiger partial charge >= 0.3 is 0 Å². The van der Waals surface area contributed by atoms with Crippen LogP contribution in [0.2, 0.25) is 0 Å². The predicted molar refractivity (Wildman–Crippen MR) is 114 cm³/mol. The minimum absolute atomic E-state index is 0.0515. The van der Waals surface area contributed by atoms with Crippen LogP contribution in [0.5, 0.6) is 0 Å². The fraction of sp³-hybridized carbons (Fsp3) is 0.909. The first kappa shape index (κ1) is 19.6. The normalized spacial score (nSPS) is 49.7. The van der Waals surface area contributed by atoms with Gasteiger partial charge in [-0.15, -0.1) is 0 Å². The van der Waals surface area contributed by atoms with Gasteiger partial charge in [0.2, 0.25) is 0 Å². The number of nitrogens with two attached hydrogens (primary N) is 1. The summed E-state index contributed by atoms with van der Waals surface area (Å²) in [4.78, 5) is 0. The molecule has 4 fully saturated rings. The van der Waals surface area contributed by atoms with Crippen molar-refractivity contribution in [3.05, 3.63) is 0 Å². The quantitative estimate of drug-likeness (QED) is 0.374. The molecule has 4 saturated carbocycles. The van der Waals surface area contributed by atoms with Gasteiger partial charge in [-0.2, -0.15) is 5.10 Å². The van der Waals surface area contributed by atoms with Gasteiger partial charge in [-0.3, -0.25) is 5.43 Å². The summed E-state index contributed by atoms with van der Waals surface area (Å²) in [5.74, 6) is 3.82. The number of aliphatic hydroxyl groups excluding tert-OH is 1. The highest BCUT2D eigenvalue weighted by molar-refractivity contribution is 7.80. The SMILES string of the molecule is C/C(=N/NC(N)=S)[C@@H]1CC[C@@H]2[C@@H]3CC[C@H]4C[C@H](O)CC[C@]4(C)[C@@H]3CC[C@@]21C. The van der Waals surface area contributed by atoms with E-state index >= 15 is 0 Å². The summed E-state index contributed by atoms with van der Waals surface area (Å²) in [7, 11) is 0. The zero-order valence-corrected chi connectivity index (χ0v) is 18.0. The first-order valence-corrected chi connectivity index (χ1v) is 11.4. The Morgan fingerprint density at radius 1 is 1.04 bits per heavy atom. The maximum Gasteiger partial charge on any atom is 0.184 e. The number of fused-ring (bicyclic) bond motifs is 5. The number of hydrogen-bond acceptors (Lipinski definition) is 3. The van der Waals surface area contributed by atoms with Gasteiger partial charge in [0, 0.05) is 11.6 Å². The van der Waals surface area contributed by atoms with Crippen LogP contribution < -0.4 is 11.2 Å². The molecule has 5 heteroatoms. The van der Waals surface area contributed by atoms with E-state index in [2.05, 4.69) is 31.3 Å². The standard InChI is InChI=1S/C22H37N3OS/c1-13(24-25-20(23)27)17-6-7-18-16-5-4-14-12-15(26)8-10-21(14,2)19(16)9-11-22(17,18)3/h14-19,26H,4-12H2,1-3H3,(H3,23,25,27)/b24-13-/t14-,15+,16-,17-,18+,19+,21-,22+/m0/s1. The molecule has 152 valence electrons. The van der Waals surface area contributed by atoms with Gasteiger partial charge < -0.3 is 10.8 Å². The van der Waals surface area contributed by atoms with Gasteiger partial charge in [0.15, 0.2) is 5.11 Å². The van der Waals surface area contributed by atoms with Crippen molar-refractivity contribution in [3.8, 4) is 0 Å². The molecule has 0 saturated heterocycles. The molecule has 0 bridgehead atoms. The molecule has 0 amide bonds. The Kier molecular flexibility index (Phi) is 5.07. The summed E-state index contributed by atoms with van der Waals surface area (Å²) < 4.78 is 0. The number of nitrogens with one attached hydrogen (secondary N) is 1. The van der Waals surface area contributed by atoms with Crippen molar-refractivity contribution >= 4 is 23.0 Å². The van der Waals surface area contributed by atoms with Crippen molar-refractivity contribution < 1.29 is 5.11 Å². The molecule has 4 nitrogen and oxygen atoms in total. The van der Waals surface area contributed by atoms with Crippen LogP contribution in [0.3, 0.4) is 0 Å². The maximum absolute atomic E-state index is 10.2. The minimum Gasteiger partial charge on any atom is -0.393 e. The Hall–Kier alpha value is -0.680. The zero-order valence-electron chi connectivity index (χ0n) is 17.2. The largest absolute Gasteiger partial charge is 0.393 e. The van der Waals surface area contributed by atoms with Gasteiger partial charge in [0.1, 0.15) is 0 Å². The van der Waals surface area contributed by atoms with E-state index in [1.165, 1.54) is 50.7 Å². The highest BCUT2D eigenvalue weighted by Gasteiger charge is 2.60. The van der Waals surface area contributed by atoms with Crippen molar-refractivity contribution in [2.75, 3.05) is 0 Å². The molecule has 0 heterocycles. The van der Waals surface area contributed by atoms with E-state index in [9.17, 15) is 5.11 Å². The van der Waals surface area contributed by atoms with Gasteiger partial charge in [-0.05, 0) is 111 Å². The lowest BCUT2D eigenvalue weighted by molar-refractivity contribution is -0.123. The van der Waals surface area contributed by atoms with Crippen molar-refractivity contribution in [1.29, 1.82) is 0 Å². The molecular weight excluding hydrogens is 354 g/mol. The summed E-state index contributed by atoms with van der Waals surface area (Å²) in [6, 6.07) is 0. The van der Waals surface area contributed by atoms with Gasteiger partial charge in [0.05, 0.1) is 6.10 Å². The van der Waals surface area contributed by atoms with Crippen LogP contribution in [0.25, 0.3) is 0 Å². The first-order valence-electron chi connectivity index (χ1n) is 11.0. The Morgan fingerprint density at radius 2 is 1.74 bits per heavy atom. The molecule has 0 aromatic rings. The Balaban J connectivity index is 1.55. The van der Waals surface area contributed by atoms with Crippen LogP contribution >= 0.6 is 12.2 Å². The Bertz CT molecular complexity index is 637. The molecule has 0 unspecified atom stereocenters. The molecule has 4 N–H and O–H groups in total. The molecule has 4 aliphatic carbocycles. The van der Waals surface area contributed by atoms with E-state index in [4.69, 9.17) is 18.0 Å². The van der Waals surface area contributed by atoms with Crippen LogP contribution in [0.4, 0.5) is 0 Å². The second kappa shape index (κ2) is 6.98. The lowest BCUT2D eigenvalue weighted by Gasteiger charge is -2.61. The van der Waals surface area contributed by atoms with Crippen molar-refractivity contribution in [3.63, 3.8) is 0 Å². The van der Waals surface area contributed by atoms with E-state index in [0.717, 1.165) is 36.5 Å². The fourth-order valence-corrected chi connectivity index (χ4v) is 8.19. The summed E-state index contributed by atoms with van der Waals surface area (Å²) >= 11 is 4.92. The highest BCUT2D eigenvalue weighted by atomic mass is 32.1. The summed E-state index contributed by atoms with van der Waals surface area (Å²) in [5, 5.41) is 15.0. The summed E-state index contributed by atoms with van der Waals surface area (Å²) in [5.41, 5.74) is 10.4. The van der Waals surface area contributed by atoms with Crippen LogP contribution in [0.1, 0.15) is 78.6 Å². The molecule has 0 aromatic heterocycles. The van der Waals surface area contributed by atoms with E-state index < -0.39 is 0 Å². The number of aliphatic hydroxyl groups is 1. The van der Waals surface area contributed by atoms with Crippen molar-refractivity contribution in [2.24, 2.45) is 51.3 Å². The zero-order chi connectivity index (χ0) is 19.4. The second-order valence-corrected chi connectivity index (χ2v) is 10.9. The van der Waals surface area contributed by atoms with Gasteiger partial charge in [-0.25, -0.2) is 0 Å².